The number of hydrogen-bond donors (Lipinski definition) is 8. The van der Waals surface area contributed by atoms with Gasteiger partial charge in [0.25, 0.3) is 0 Å². The first-order chi connectivity index (χ1) is 18.8. The maximum Gasteiger partial charge on any atom is 0.326 e. The Bertz CT molecular complexity index is 1240. The number of para-hydroxylation sites is 1. The Morgan fingerprint density at radius 3 is 2.12 bits per heavy atom. The number of H-pyrrole nitrogens is 1. The molecule has 0 bridgehead atoms. The van der Waals surface area contributed by atoms with Gasteiger partial charge in [-0.1, -0.05) is 38.5 Å². The highest BCUT2D eigenvalue weighted by atomic mass is 16.4. The lowest BCUT2D eigenvalue weighted by Crippen LogP contribution is -2.58. The van der Waals surface area contributed by atoms with Crippen molar-refractivity contribution >= 4 is 46.5 Å². The number of carboxylic acids is 3. The van der Waals surface area contributed by atoms with Gasteiger partial charge in [0, 0.05) is 29.9 Å². The SMILES string of the molecule is CCC(C)C(NC(=O)C(Cc1c[nH]c2ccccc12)NC(=O)C(CC(=O)O)NC(=O)C(N)CCC(=O)O)C(=O)O. The molecule has 1 aromatic carbocycles. The summed E-state index contributed by atoms with van der Waals surface area (Å²) in [7, 11) is 0. The number of carbonyl (C=O) groups is 6. The number of aliphatic carboxylic acids is 3. The highest BCUT2D eigenvalue weighted by molar-refractivity contribution is 5.96. The quantitative estimate of drug-likeness (QED) is 0.136. The fraction of sp³-hybridized carbons (Fsp3) is 0.462. The highest BCUT2D eigenvalue weighted by Gasteiger charge is 2.33. The van der Waals surface area contributed by atoms with E-state index in [1.807, 2.05) is 6.07 Å². The molecule has 2 aromatic rings. The topological polar surface area (TPSA) is 241 Å². The van der Waals surface area contributed by atoms with Gasteiger partial charge in [-0.2, -0.15) is 0 Å². The zero-order valence-corrected chi connectivity index (χ0v) is 22.2. The summed E-state index contributed by atoms with van der Waals surface area (Å²) < 4.78 is 0. The van der Waals surface area contributed by atoms with Gasteiger partial charge < -0.3 is 42.0 Å². The minimum atomic E-state index is -1.65. The summed E-state index contributed by atoms with van der Waals surface area (Å²) in [6, 6.07) is 1.63. The number of amides is 3. The number of carbonyl (C=O) groups excluding carboxylic acids is 3. The van der Waals surface area contributed by atoms with Gasteiger partial charge in [-0.05, 0) is 24.0 Å². The Balaban J connectivity index is 2.32. The molecule has 0 aliphatic carbocycles. The maximum atomic E-state index is 13.3. The molecule has 0 spiro atoms. The summed E-state index contributed by atoms with van der Waals surface area (Å²) in [5.74, 6) is -7.08. The molecule has 5 unspecified atom stereocenters. The van der Waals surface area contributed by atoms with Crippen LogP contribution in [0.3, 0.4) is 0 Å². The second kappa shape index (κ2) is 14.6. The first-order valence-electron chi connectivity index (χ1n) is 12.7. The van der Waals surface area contributed by atoms with Crippen LogP contribution in [0.25, 0.3) is 10.9 Å². The Labute approximate surface area is 229 Å². The number of carboxylic acid groups (broad SMARTS) is 3. The predicted octanol–water partition coefficient (Wildman–Crippen LogP) is -0.0377. The van der Waals surface area contributed by atoms with E-state index in [1.54, 1.807) is 38.2 Å². The first kappa shape index (κ1) is 31.8. The van der Waals surface area contributed by atoms with Gasteiger partial charge in [0.15, 0.2) is 0 Å². The van der Waals surface area contributed by atoms with Crippen molar-refractivity contribution in [1.29, 1.82) is 0 Å². The van der Waals surface area contributed by atoms with Gasteiger partial charge in [0.05, 0.1) is 12.5 Å². The van der Waals surface area contributed by atoms with Crippen LogP contribution >= 0.6 is 0 Å². The molecule has 0 saturated heterocycles. The largest absolute Gasteiger partial charge is 0.481 e. The molecule has 3 amide bonds. The van der Waals surface area contributed by atoms with Crippen LogP contribution in [-0.2, 0) is 35.2 Å². The smallest absolute Gasteiger partial charge is 0.326 e. The van der Waals surface area contributed by atoms with Crippen LogP contribution < -0.4 is 21.7 Å². The van der Waals surface area contributed by atoms with Gasteiger partial charge in [0.1, 0.15) is 18.1 Å². The van der Waals surface area contributed by atoms with Crippen LogP contribution in [0, 0.1) is 5.92 Å². The van der Waals surface area contributed by atoms with Crippen molar-refractivity contribution in [2.24, 2.45) is 11.7 Å². The molecule has 0 aliphatic heterocycles. The van der Waals surface area contributed by atoms with Crippen LogP contribution in [0.2, 0.25) is 0 Å². The molecular weight excluding hydrogens is 526 g/mol. The molecule has 2 rings (SSSR count). The summed E-state index contributed by atoms with van der Waals surface area (Å²) in [6.07, 6.45) is 0.484. The number of rotatable bonds is 16. The van der Waals surface area contributed by atoms with Crippen LogP contribution in [0.4, 0.5) is 0 Å². The average molecular weight is 562 g/mol. The highest BCUT2D eigenvalue weighted by Crippen LogP contribution is 2.20. The van der Waals surface area contributed by atoms with Crippen molar-refractivity contribution < 1.29 is 44.1 Å². The van der Waals surface area contributed by atoms with Crippen LogP contribution in [0.5, 0.6) is 0 Å². The fourth-order valence-electron chi connectivity index (χ4n) is 4.01. The number of benzene rings is 1. The number of hydrogen-bond acceptors (Lipinski definition) is 7. The van der Waals surface area contributed by atoms with Gasteiger partial charge >= 0.3 is 17.9 Å². The van der Waals surface area contributed by atoms with E-state index in [0.29, 0.717) is 12.0 Å². The van der Waals surface area contributed by atoms with Crippen molar-refractivity contribution in [3.63, 3.8) is 0 Å². The van der Waals surface area contributed by atoms with E-state index >= 15 is 0 Å². The molecule has 1 heterocycles. The van der Waals surface area contributed by atoms with Crippen molar-refractivity contribution in [2.45, 2.75) is 70.1 Å². The molecule has 1 aromatic heterocycles. The Hall–Kier alpha value is -4.46. The monoisotopic (exact) mass is 561 g/mol. The van der Waals surface area contributed by atoms with E-state index in [4.69, 9.17) is 10.8 Å². The fourth-order valence-corrected chi connectivity index (χ4v) is 4.01. The molecule has 0 fully saturated rings. The minimum Gasteiger partial charge on any atom is -0.481 e. The number of nitrogens with one attached hydrogen (secondary N) is 4. The lowest BCUT2D eigenvalue weighted by atomic mass is 9.98. The molecular formula is C26H35N5O9. The molecule has 0 radical (unpaired) electrons. The molecule has 0 saturated carbocycles. The van der Waals surface area contributed by atoms with Gasteiger partial charge in [-0.15, -0.1) is 0 Å². The predicted molar refractivity (Wildman–Crippen MR) is 142 cm³/mol. The van der Waals surface area contributed by atoms with Gasteiger partial charge in [-0.25, -0.2) is 4.79 Å². The van der Waals surface area contributed by atoms with E-state index < -0.39 is 78.6 Å². The minimum absolute atomic E-state index is 0.0830. The van der Waals surface area contributed by atoms with E-state index in [-0.39, 0.29) is 12.8 Å². The van der Waals surface area contributed by atoms with Gasteiger partial charge in [0.2, 0.25) is 17.7 Å². The second-order valence-electron chi connectivity index (χ2n) is 9.53. The second-order valence-corrected chi connectivity index (χ2v) is 9.53. The van der Waals surface area contributed by atoms with Crippen molar-refractivity contribution in [3.8, 4) is 0 Å². The summed E-state index contributed by atoms with van der Waals surface area (Å²) in [4.78, 5) is 76.0. The average Bonchev–Trinajstić information content (AvgIpc) is 3.31. The Kier molecular flexibility index (Phi) is 11.6. The lowest BCUT2D eigenvalue weighted by molar-refractivity contribution is -0.144. The van der Waals surface area contributed by atoms with E-state index in [0.717, 1.165) is 10.9 Å². The van der Waals surface area contributed by atoms with E-state index in [1.165, 1.54) is 0 Å². The molecule has 9 N–H and O–H groups in total. The number of aromatic amines is 1. The molecule has 14 heteroatoms. The van der Waals surface area contributed by atoms with Crippen molar-refractivity contribution in [1.82, 2.24) is 20.9 Å². The zero-order chi connectivity index (χ0) is 30.0. The van der Waals surface area contributed by atoms with E-state index in [2.05, 4.69) is 20.9 Å². The number of nitrogens with two attached hydrogens (primary N) is 1. The first-order valence-corrected chi connectivity index (χ1v) is 12.7. The lowest BCUT2D eigenvalue weighted by Gasteiger charge is -2.26. The van der Waals surface area contributed by atoms with Crippen LogP contribution in [0.1, 0.15) is 45.1 Å². The summed E-state index contributed by atoms with van der Waals surface area (Å²) >= 11 is 0. The van der Waals surface area contributed by atoms with Crippen LogP contribution in [0.15, 0.2) is 30.5 Å². The van der Waals surface area contributed by atoms with Gasteiger partial charge in [-0.3, -0.25) is 24.0 Å². The third-order valence-electron chi connectivity index (χ3n) is 6.53. The van der Waals surface area contributed by atoms with Crippen molar-refractivity contribution in [3.05, 3.63) is 36.0 Å². The summed E-state index contributed by atoms with van der Waals surface area (Å²) in [5.41, 5.74) is 7.07. The Morgan fingerprint density at radius 2 is 1.52 bits per heavy atom. The van der Waals surface area contributed by atoms with Crippen molar-refractivity contribution in [2.75, 3.05) is 0 Å². The molecule has 14 nitrogen and oxygen atoms in total. The maximum absolute atomic E-state index is 13.3. The summed E-state index contributed by atoms with van der Waals surface area (Å²) in [6.45, 7) is 3.41. The number of fused-ring (bicyclic) bond motifs is 1. The van der Waals surface area contributed by atoms with E-state index in [9.17, 15) is 39.0 Å². The molecule has 40 heavy (non-hydrogen) atoms. The molecule has 0 aliphatic rings. The normalized spacial score (nSPS) is 14.8. The molecule has 5 atom stereocenters. The van der Waals surface area contributed by atoms with Crippen LogP contribution in [-0.4, -0.2) is 80.1 Å². The Morgan fingerprint density at radius 1 is 0.900 bits per heavy atom. The third kappa shape index (κ3) is 9.08. The third-order valence-corrected chi connectivity index (χ3v) is 6.53. The molecule has 218 valence electrons. The summed E-state index contributed by atoms with van der Waals surface area (Å²) in [5, 5.41) is 35.6. The number of aromatic nitrogens is 1. The standard InChI is InChI=1S/C26H35N5O9/c1-3-13(2)22(26(39)40)31-25(38)18(10-14-12-28-17-7-5-4-6-15(14)17)30-24(37)19(11-21(34)35)29-23(36)16(27)8-9-20(32)33/h4-7,12-13,16,18-19,22,28H,3,8-11,27H2,1-2H3,(H,29,36)(H,30,37)(H,31,38)(H,32,33)(H,34,35)(H,39,40). The zero-order valence-electron chi connectivity index (χ0n) is 22.2.